The summed E-state index contributed by atoms with van der Waals surface area (Å²) in [6, 6.07) is 6.34. The van der Waals surface area contributed by atoms with E-state index in [1.165, 1.54) is 44.1 Å². The number of benzene rings is 1. The van der Waals surface area contributed by atoms with Gasteiger partial charge in [0.15, 0.2) is 11.5 Å². The Kier molecular flexibility index (Phi) is 14.0. The predicted octanol–water partition coefficient (Wildman–Crippen LogP) is 6.57. The number of rotatable bonds is 17. The second-order valence-corrected chi connectivity index (χ2v) is 6.96. The molecule has 0 bridgehead atoms. The van der Waals surface area contributed by atoms with Gasteiger partial charge in [-0.3, -0.25) is 0 Å². The highest BCUT2D eigenvalue weighted by Gasteiger charge is 2.07. The van der Waals surface area contributed by atoms with Crippen LogP contribution in [0.3, 0.4) is 0 Å². The summed E-state index contributed by atoms with van der Waals surface area (Å²) >= 11 is 0. The molecule has 1 rings (SSSR count). The lowest BCUT2D eigenvalue weighted by atomic mass is 10.1. The van der Waals surface area contributed by atoms with Gasteiger partial charge in [0.05, 0.1) is 19.8 Å². The molecule has 0 fully saturated rings. The normalized spacial score (nSPS) is 10.9. The molecule has 26 heavy (non-hydrogen) atoms. The Labute approximate surface area is 161 Å². The van der Waals surface area contributed by atoms with Crippen molar-refractivity contribution in [3.63, 3.8) is 0 Å². The average molecular weight is 365 g/mol. The van der Waals surface area contributed by atoms with Gasteiger partial charge >= 0.3 is 0 Å². The van der Waals surface area contributed by atoms with Gasteiger partial charge in [-0.15, -0.1) is 0 Å². The molecule has 0 aromatic heterocycles. The summed E-state index contributed by atoms with van der Waals surface area (Å²) in [4.78, 5) is 0. The molecule has 0 saturated carbocycles. The maximum absolute atomic E-state index is 6.03. The van der Waals surface area contributed by atoms with Crippen LogP contribution in [-0.4, -0.2) is 26.4 Å². The third kappa shape index (κ3) is 10.7. The lowest BCUT2D eigenvalue weighted by Gasteiger charge is -2.14. The van der Waals surface area contributed by atoms with Crippen LogP contribution >= 0.6 is 0 Å². The van der Waals surface area contributed by atoms with Gasteiger partial charge in [-0.25, -0.2) is 0 Å². The van der Waals surface area contributed by atoms with Crippen molar-refractivity contribution in [2.24, 2.45) is 0 Å². The lowest BCUT2D eigenvalue weighted by molar-refractivity contribution is 0.133. The van der Waals surface area contributed by atoms with Gasteiger partial charge in [-0.05, 0) is 43.4 Å². The quantitative estimate of drug-likeness (QED) is 0.292. The van der Waals surface area contributed by atoms with Gasteiger partial charge in [0.25, 0.3) is 0 Å². The van der Waals surface area contributed by atoms with E-state index < -0.39 is 0 Å². The van der Waals surface area contributed by atoms with Crippen LogP contribution in [0.5, 0.6) is 11.5 Å². The van der Waals surface area contributed by atoms with E-state index in [0.29, 0.717) is 0 Å². The monoisotopic (exact) mass is 364 g/mol. The Morgan fingerprint density at radius 3 is 1.81 bits per heavy atom. The lowest BCUT2D eigenvalue weighted by Crippen LogP contribution is -2.04. The van der Waals surface area contributed by atoms with Crippen LogP contribution in [0.4, 0.5) is 0 Å². The van der Waals surface area contributed by atoms with Crippen molar-refractivity contribution in [3.8, 4) is 11.5 Å². The molecule has 1 aromatic carbocycles. The van der Waals surface area contributed by atoms with Crippen LogP contribution in [0, 0.1) is 0 Å². The summed E-state index contributed by atoms with van der Waals surface area (Å²) < 4.78 is 17.7. The van der Waals surface area contributed by atoms with E-state index in [4.69, 9.17) is 14.2 Å². The highest BCUT2D eigenvalue weighted by Crippen LogP contribution is 2.29. The Morgan fingerprint density at radius 2 is 1.19 bits per heavy atom. The molecule has 0 aliphatic rings. The van der Waals surface area contributed by atoms with Gasteiger partial charge in [0, 0.05) is 6.61 Å². The smallest absolute Gasteiger partial charge is 0.161 e. The van der Waals surface area contributed by atoms with Gasteiger partial charge in [-0.2, -0.15) is 0 Å². The Balaban J connectivity index is 2.51. The van der Waals surface area contributed by atoms with Crippen LogP contribution in [0.15, 0.2) is 18.2 Å². The van der Waals surface area contributed by atoms with Gasteiger partial charge < -0.3 is 14.2 Å². The summed E-state index contributed by atoms with van der Waals surface area (Å²) in [5.41, 5.74) is 1.26. The van der Waals surface area contributed by atoms with E-state index in [0.717, 1.165) is 63.6 Å². The van der Waals surface area contributed by atoms with E-state index in [-0.39, 0.29) is 0 Å². The summed E-state index contributed by atoms with van der Waals surface area (Å²) in [6.07, 6.45) is 11.6. The zero-order chi connectivity index (χ0) is 18.9. The van der Waals surface area contributed by atoms with Crippen LogP contribution in [-0.2, 0) is 11.2 Å². The molecule has 0 radical (unpaired) electrons. The Hall–Kier alpha value is -1.22. The number of hydrogen-bond acceptors (Lipinski definition) is 3. The van der Waals surface area contributed by atoms with Crippen molar-refractivity contribution in [2.75, 3.05) is 26.4 Å². The highest BCUT2D eigenvalue weighted by atomic mass is 16.5. The minimum Gasteiger partial charge on any atom is -0.490 e. The van der Waals surface area contributed by atoms with E-state index >= 15 is 0 Å². The van der Waals surface area contributed by atoms with E-state index in [1.54, 1.807) is 0 Å². The molecule has 3 nitrogen and oxygen atoms in total. The van der Waals surface area contributed by atoms with Gasteiger partial charge in [0.2, 0.25) is 0 Å². The molecule has 0 aliphatic heterocycles. The molecule has 3 heteroatoms. The largest absolute Gasteiger partial charge is 0.490 e. The van der Waals surface area contributed by atoms with E-state index in [9.17, 15) is 0 Å². The molecule has 1 aromatic rings. The first-order valence-electron chi connectivity index (χ1n) is 10.8. The minimum atomic E-state index is 0.760. The van der Waals surface area contributed by atoms with Crippen LogP contribution < -0.4 is 9.47 Å². The van der Waals surface area contributed by atoms with Crippen LogP contribution in [0.25, 0.3) is 0 Å². The van der Waals surface area contributed by atoms with Crippen molar-refractivity contribution in [1.82, 2.24) is 0 Å². The first-order valence-corrected chi connectivity index (χ1v) is 10.8. The molecule has 0 heterocycles. The number of unbranched alkanes of at least 4 members (excludes halogenated alkanes) is 6. The van der Waals surface area contributed by atoms with Crippen LogP contribution in [0.2, 0.25) is 0 Å². The van der Waals surface area contributed by atoms with E-state index in [2.05, 4.69) is 39.0 Å². The molecule has 0 saturated heterocycles. The number of hydrogen-bond donors (Lipinski definition) is 0. The SMILES string of the molecule is CCCCCOCCc1ccc(OCCCCC)c(OCCCCC)c1. The molecular formula is C23H40O3. The maximum atomic E-state index is 6.03. The molecule has 0 spiro atoms. The Bertz CT molecular complexity index is 445. The van der Waals surface area contributed by atoms with E-state index in [1.807, 2.05) is 0 Å². The number of ether oxygens (including phenoxy) is 3. The summed E-state index contributed by atoms with van der Waals surface area (Å²) in [6.45, 7) is 9.80. The second kappa shape index (κ2) is 16.0. The minimum absolute atomic E-state index is 0.760. The summed E-state index contributed by atoms with van der Waals surface area (Å²) in [5, 5.41) is 0. The molecule has 0 aliphatic carbocycles. The standard InChI is InChI=1S/C23H40O3/c1-4-7-10-16-24-19-15-21-13-14-22(25-17-11-8-5-2)23(20-21)26-18-12-9-6-3/h13-14,20H,4-12,15-19H2,1-3H3. The maximum Gasteiger partial charge on any atom is 0.161 e. The zero-order valence-electron chi connectivity index (χ0n) is 17.4. The van der Waals surface area contributed by atoms with Crippen molar-refractivity contribution in [1.29, 1.82) is 0 Å². The van der Waals surface area contributed by atoms with Crippen molar-refractivity contribution in [2.45, 2.75) is 85.0 Å². The van der Waals surface area contributed by atoms with Crippen LogP contribution in [0.1, 0.15) is 84.1 Å². The van der Waals surface area contributed by atoms with Gasteiger partial charge in [-0.1, -0.05) is 65.4 Å². The fraction of sp³-hybridized carbons (Fsp3) is 0.739. The summed E-state index contributed by atoms with van der Waals surface area (Å²) in [7, 11) is 0. The molecule has 0 unspecified atom stereocenters. The first-order chi connectivity index (χ1) is 12.8. The molecular weight excluding hydrogens is 324 g/mol. The fourth-order valence-electron chi connectivity index (χ4n) is 2.75. The first kappa shape index (κ1) is 22.8. The summed E-state index contributed by atoms with van der Waals surface area (Å²) in [5.74, 6) is 1.77. The highest BCUT2D eigenvalue weighted by molar-refractivity contribution is 5.43. The predicted molar refractivity (Wildman–Crippen MR) is 111 cm³/mol. The van der Waals surface area contributed by atoms with Crippen molar-refractivity contribution < 1.29 is 14.2 Å². The fourth-order valence-corrected chi connectivity index (χ4v) is 2.75. The third-order valence-electron chi connectivity index (χ3n) is 4.45. The van der Waals surface area contributed by atoms with Crippen molar-refractivity contribution >= 4 is 0 Å². The zero-order valence-corrected chi connectivity index (χ0v) is 17.4. The average Bonchev–Trinajstić information content (AvgIpc) is 2.66. The molecule has 0 N–H and O–H groups in total. The molecule has 150 valence electrons. The third-order valence-corrected chi connectivity index (χ3v) is 4.45. The Morgan fingerprint density at radius 1 is 0.615 bits per heavy atom. The second-order valence-electron chi connectivity index (χ2n) is 6.96. The molecule has 0 amide bonds. The topological polar surface area (TPSA) is 27.7 Å². The molecule has 0 atom stereocenters. The van der Waals surface area contributed by atoms with Gasteiger partial charge in [0.1, 0.15) is 0 Å². The van der Waals surface area contributed by atoms with Crippen molar-refractivity contribution in [3.05, 3.63) is 23.8 Å².